The third-order valence-electron chi connectivity index (χ3n) is 5.83. The minimum absolute atomic E-state index is 0.00556. The molecule has 0 aromatic carbocycles. The highest BCUT2D eigenvalue weighted by Gasteiger charge is 2.33. The predicted molar refractivity (Wildman–Crippen MR) is 110 cm³/mol. The van der Waals surface area contributed by atoms with Crippen molar-refractivity contribution in [1.82, 2.24) is 9.88 Å². The molecule has 1 aliphatic heterocycles. The number of amides is 1. The molecule has 1 saturated carbocycles. The van der Waals surface area contributed by atoms with E-state index in [2.05, 4.69) is 31.0 Å². The van der Waals surface area contributed by atoms with Crippen LogP contribution in [-0.2, 0) is 4.79 Å². The lowest BCUT2D eigenvalue weighted by molar-refractivity contribution is -0.134. The Morgan fingerprint density at radius 1 is 1.41 bits per heavy atom. The maximum absolute atomic E-state index is 12.6. The van der Waals surface area contributed by atoms with Crippen molar-refractivity contribution >= 4 is 23.6 Å². The number of pyridine rings is 1. The van der Waals surface area contributed by atoms with E-state index in [9.17, 15) is 4.79 Å². The molecule has 0 bridgehead atoms. The predicted octanol–water partition coefficient (Wildman–Crippen LogP) is 5.35. The summed E-state index contributed by atoms with van der Waals surface area (Å²) >= 11 is 6.24. The number of hydrogen-bond acceptors (Lipinski definition) is 3. The van der Waals surface area contributed by atoms with Gasteiger partial charge in [-0.3, -0.25) is 4.79 Å². The third-order valence-corrected chi connectivity index (χ3v) is 6.11. The highest BCUT2D eigenvalue weighted by molar-refractivity contribution is 6.30. The van der Waals surface area contributed by atoms with Gasteiger partial charge in [0.2, 0.25) is 5.91 Å². The lowest BCUT2D eigenvalue weighted by atomic mass is 10.0. The van der Waals surface area contributed by atoms with Crippen LogP contribution in [0.5, 0.6) is 5.75 Å². The van der Waals surface area contributed by atoms with Crippen LogP contribution in [0.1, 0.15) is 64.4 Å². The van der Waals surface area contributed by atoms with E-state index in [0.29, 0.717) is 29.3 Å². The summed E-state index contributed by atoms with van der Waals surface area (Å²) in [6.07, 6.45) is 13.6. The van der Waals surface area contributed by atoms with Crippen molar-refractivity contribution in [3.8, 4) is 5.75 Å². The van der Waals surface area contributed by atoms with Gasteiger partial charge in [0.25, 0.3) is 0 Å². The molecule has 1 aromatic heterocycles. The number of allylic oxidation sites excluding steroid dienone is 1. The van der Waals surface area contributed by atoms with Crippen molar-refractivity contribution in [3.05, 3.63) is 29.1 Å². The van der Waals surface area contributed by atoms with Crippen molar-refractivity contribution in [1.29, 1.82) is 0 Å². The summed E-state index contributed by atoms with van der Waals surface area (Å²) in [5.74, 6) is 1.83. The first-order valence-electron chi connectivity index (χ1n) is 10.3. The Kier molecular flexibility index (Phi) is 7.17. The largest absolute Gasteiger partial charge is 0.485 e. The van der Waals surface area contributed by atoms with E-state index in [4.69, 9.17) is 16.3 Å². The van der Waals surface area contributed by atoms with Crippen LogP contribution in [0.2, 0.25) is 5.15 Å². The molecule has 0 N–H and O–H groups in total. The van der Waals surface area contributed by atoms with E-state index in [0.717, 1.165) is 37.8 Å². The quantitative estimate of drug-likeness (QED) is 0.589. The van der Waals surface area contributed by atoms with Crippen LogP contribution in [0.15, 0.2) is 18.3 Å². The monoisotopic (exact) mass is 390 g/mol. The van der Waals surface area contributed by atoms with Gasteiger partial charge >= 0.3 is 0 Å². The molecule has 2 aliphatic rings. The van der Waals surface area contributed by atoms with Gasteiger partial charge in [-0.2, -0.15) is 0 Å². The summed E-state index contributed by atoms with van der Waals surface area (Å²) in [5, 5.41) is 0.384. The van der Waals surface area contributed by atoms with Gasteiger partial charge in [0.15, 0.2) is 10.9 Å². The fourth-order valence-corrected chi connectivity index (χ4v) is 4.00. The van der Waals surface area contributed by atoms with Crippen molar-refractivity contribution in [3.63, 3.8) is 0 Å². The van der Waals surface area contributed by atoms with Crippen LogP contribution >= 0.6 is 11.6 Å². The molecule has 2 atom stereocenters. The zero-order chi connectivity index (χ0) is 19.2. The van der Waals surface area contributed by atoms with Gasteiger partial charge in [-0.1, -0.05) is 56.9 Å². The molecule has 3 rings (SSSR count). The number of aromatic nitrogens is 1. The molecule has 5 heteroatoms. The van der Waals surface area contributed by atoms with Crippen molar-refractivity contribution in [2.75, 3.05) is 13.1 Å². The Hall–Kier alpha value is -1.55. The molecule has 2 fully saturated rings. The average Bonchev–Trinajstić information content (AvgIpc) is 3.35. The first-order valence-corrected chi connectivity index (χ1v) is 10.7. The lowest BCUT2D eigenvalue weighted by Crippen LogP contribution is -2.34. The Balaban J connectivity index is 1.57. The molecule has 0 radical (unpaired) electrons. The minimum Gasteiger partial charge on any atom is -0.485 e. The van der Waals surface area contributed by atoms with Gasteiger partial charge < -0.3 is 9.64 Å². The van der Waals surface area contributed by atoms with Crippen molar-refractivity contribution in [2.24, 2.45) is 11.8 Å². The fraction of sp³-hybridized carbons (Fsp3) is 0.636. The second-order valence-corrected chi connectivity index (χ2v) is 8.36. The zero-order valence-electron chi connectivity index (χ0n) is 16.5. The van der Waals surface area contributed by atoms with Gasteiger partial charge in [-0.25, -0.2) is 4.98 Å². The number of hydrogen-bond donors (Lipinski definition) is 0. The summed E-state index contributed by atoms with van der Waals surface area (Å²) in [6.45, 7) is 5.88. The Bertz CT molecular complexity index is 670. The second-order valence-electron chi connectivity index (χ2n) is 8.00. The Morgan fingerprint density at radius 2 is 2.19 bits per heavy atom. The molecular formula is C22H31ClN2O2. The molecule has 27 heavy (non-hydrogen) atoms. The van der Waals surface area contributed by atoms with Crippen molar-refractivity contribution < 1.29 is 9.53 Å². The standard InChI is InChI=1S/C22H31ClN2O2/c1-3-16(2)7-6-8-17-13-20(21(23)24-14-17)27-19-11-12-25(15-19)22(26)18-9-4-5-10-18/h6,8,13-14,16,18-19H,3-5,7,9-12,15H2,1-2H3/b8-6+/t16-,19+/m1/s1. The van der Waals surface area contributed by atoms with Gasteiger partial charge in [-0.15, -0.1) is 0 Å². The van der Waals surface area contributed by atoms with Crippen LogP contribution < -0.4 is 4.74 Å². The summed E-state index contributed by atoms with van der Waals surface area (Å²) in [6, 6.07) is 1.95. The molecule has 1 aliphatic carbocycles. The molecule has 0 spiro atoms. The first-order chi connectivity index (χ1) is 13.1. The van der Waals surface area contributed by atoms with Gasteiger partial charge in [0, 0.05) is 25.1 Å². The minimum atomic E-state index is -0.00556. The second kappa shape index (κ2) is 9.59. The fourth-order valence-electron chi connectivity index (χ4n) is 3.86. The lowest BCUT2D eigenvalue weighted by Gasteiger charge is -2.20. The number of carbonyl (C=O) groups excluding carboxylic acids is 1. The Labute approximate surface area is 167 Å². The van der Waals surface area contributed by atoms with Gasteiger partial charge in [-0.05, 0) is 36.8 Å². The maximum Gasteiger partial charge on any atom is 0.225 e. The number of nitrogens with zero attached hydrogens (tertiary/aromatic N) is 2. The van der Waals surface area contributed by atoms with Crippen LogP contribution in [0.25, 0.3) is 6.08 Å². The van der Waals surface area contributed by atoms with E-state index in [-0.39, 0.29) is 12.0 Å². The molecule has 148 valence electrons. The van der Waals surface area contributed by atoms with Gasteiger partial charge in [0.05, 0.1) is 6.54 Å². The molecule has 4 nitrogen and oxygen atoms in total. The maximum atomic E-state index is 12.6. The summed E-state index contributed by atoms with van der Waals surface area (Å²) in [5.41, 5.74) is 0.995. The topological polar surface area (TPSA) is 42.4 Å². The van der Waals surface area contributed by atoms with E-state index in [1.54, 1.807) is 6.20 Å². The van der Waals surface area contributed by atoms with E-state index in [1.165, 1.54) is 19.3 Å². The van der Waals surface area contributed by atoms with E-state index >= 15 is 0 Å². The van der Waals surface area contributed by atoms with Crippen LogP contribution in [0.4, 0.5) is 0 Å². The highest BCUT2D eigenvalue weighted by Crippen LogP contribution is 2.30. The molecule has 1 amide bonds. The summed E-state index contributed by atoms with van der Waals surface area (Å²) in [4.78, 5) is 18.8. The van der Waals surface area contributed by atoms with E-state index in [1.807, 2.05) is 11.0 Å². The van der Waals surface area contributed by atoms with Crippen LogP contribution in [0, 0.1) is 11.8 Å². The number of halogens is 1. The zero-order valence-corrected chi connectivity index (χ0v) is 17.3. The summed E-state index contributed by atoms with van der Waals surface area (Å²) in [7, 11) is 0. The summed E-state index contributed by atoms with van der Waals surface area (Å²) < 4.78 is 6.12. The molecule has 1 saturated heterocycles. The average molecular weight is 391 g/mol. The third kappa shape index (κ3) is 5.47. The first kappa shape index (κ1) is 20.2. The Morgan fingerprint density at radius 3 is 2.93 bits per heavy atom. The molecule has 0 unspecified atom stereocenters. The normalized spacial score (nSPS) is 21.9. The smallest absolute Gasteiger partial charge is 0.225 e. The van der Waals surface area contributed by atoms with Crippen molar-refractivity contribution in [2.45, 2.75) is 64.9 Å². The van der Waals surface area contributed by atoms with Gasteiger partial charge in [0.1, 0.15) is 6.10 Å². The number of ether oxygens (including phenoxy) is 1. The molecule has 1 aromatic rings. The van der Waals surface area contributed by atoms with Crippen LogP contribution in [0.3, 0.4) is 0 Å². The number of likely N-dealkylation sites (tertiary alicyclic amines) is 1. The number of rotatable bonds is 7. The van der Waals surface area contributed by atoms with E-state index < -0.39 is 0 Å². The highest BCUT2D eigenvalue weighted by atomic mass is 35.5. The molecular weight excluding hydrogens is 360 g/mol. The molecule has 2 heterocycles. The van der Waals surface area contributed by atoms with Crippen LogP contribution in [-0.4, -0.2) is 35.0 Å². The number of carbonyl (C=O) groups is 1. The SMILES string of the molecule is CC[C@@H](C)C/C=C/c1cnc(Cl)c(O[C@H]2CCN(C(=O)C3CCCC3)C2)c1.